The van der Waals surface area contributed by atoms with Gasteiger partial charge in [0.25, 0.3) is 0 Å². The molecule has 0 saturated heterocycles. The van der Waals surface area contributed by atoms with E-state index in [1.807, 2.05) is 0 Å². The van der Waals surface area contributed by atoms with E-state index in [1.54, 1.807) is 19.1 Å². The lowest BCUT2D eigenvalue weighted by molar-refractivity contribution is 0.383. The van der Waals surface area contributed by atoms with Gasteiger partial charge in [-0.2, -0.15) is 4.98 Å². The molecule has 0 aliphatic rings. The number of rotatable bonds is 3. The maximum atomic E-state index is 13.0. The first kappa shape index (κ1) is 12.2. The van der Waals surface area contributed by atoms with Crippen molar-refractivity contribution in [3.63, 3.8) is 0 Å². The molecule has 0 saturated carbocycles. The summed E-state index contributed by atoms with van der Waals surface area (Å²) in [6.07, 6.45) is 0. The predicted octanol–water partition coefficient (Wildman–Crippen LogP) is 2.91. The molecule has 2 rings (SSSR count). The van der Waals surface area contributed by atoms with E-state index in [0.29, 0.717) is 22.9 Å². The van der Waals surface area contributed by atoms with Crippen molar-refractivity contribution in [2.45, 2.75) is 6.92 Å². The summed E-state index contributed by atoms with van der Waals surface area (Å²) in [5, 5.41) is 0. The Kier molecular flexibility index (Phi) is 3.32. The molecule has 5 heteroatoms. The largest absolute Gasteiger partial charge is 0.481 e. The van der Waals surface area contributed by atoms with Gasteiger partial charge in [-0.25, -0.2) is 4.39 Å². The summed E-state index contributed by atoms with van der Waals surface area (Å²) in [6, 6.07) is 7.51. The minimum Gasteiger partial charge on any atom is -0.481 e. The Balaban J connectivity index is 2.33. The summed E-state index contributed by atoms with van der Waals surface area (Å²) in [4.78, 5) is 4.09. The molecule has 0 unspecified atom stereocenters. The molecule has 0 atom stereocenters. The van der Waals surface area contributed by atoms with Gasteiger partial charge in [-0.05, 0) is 36.8 Å². The second kappa shape index (κ2) is 4.91. The fraction of sp³-hybridized carbons (Fsp3) is 0.154. The van der Waals surface area contributed by atoms with Crippen LogP contribution in [0.3, 0.4) is 0 Å². The number of nitrogen functional groups attached to an aromatic ring is 1. The van der Waals surface area contributed by atoms with Crippen molar-refractivity contribution >= 4 is 5.69 Å². The van der Waals surface area contributed by atoms with Gasteiger partial charge >= 0.3 is 0 Å². The molecular weight excluding hydrogens is 235 g/mol. The van der Waals surface area contributed by atoms with Gasteiger partial charge in [0, 0.05) is 6.07 Å². The highest BCUT2D eigenvalue weighted by Crippen LogP contribution is 2.29. The highest BCUT2D eigenvalue weighted by molar-refractivity contribution is 5.51. The molecule has 94 valence electrons. The Morgan fingerprint density at radius 1 is 1.22 bits per heavy atom. The van der Waals surface area contributed by atoms with E-state index in [9.17, 15) is 4.39 Å². The molecule has 18 heavy (non-hydrogen) atoms. The average molecular weight is 248 g/mol. The first-order valence-electron chi connectivity index (χ1n) is 5.34. The van der Waals surface area contributed by atoms with Crippen molar-refractivity contribution in [2.75, 3.05) is 12.8 Å². The summed E-state index contributed by atoms with van der Waals surface area (Å²) in [6.45, 7) is 1.74. The normalized spacial score (nSPS) is 10.2. The van der Waals surface area contributed by atoms with Gasteiger partial charge in [-0.15, -0.1) is 0 Å². The number of pyridine rings is 1. The highest BCUT2D eigenvalue weighted by atomic mass is 19.1. The van der Waals surface area contributed by atoms with Crippen LogP contribution in [0.4, 0.5) is 10.1 Å². The maximum Gasteiger partial charge on any atom is 0.246 e. The van der Waals surface area contributed by atoms with Crippen molar-refractivity contribution in [1.82, 2.24) is 4.98 Å². The zero-order valence-electron chi connectivity index (χ0n) is 10.1. The number of methoxy groups -OCH3 is 1. The standard InChI is InChI=1S/C13H13FN2O2/c1-8-7-9(14)3-5-11(8)18-13-10(15)4-6-12(16-13)17-2/h3-7H,15H2,1-2H3. The van der Waals surface area contributed by atoms with Crippen LogP contribution in [-0.4, -0.2) is 12.1 Å². The Morgan fingerprint density at radius 3 is 2.67 bits per heavy atom. The number of aryl methyl sites for hydroxylation is 1. The highest BCUT2D eigenvalue weighted by Gasteiger charge is 2.08. The second-order valence-electron chi connectivity index (χ2n) is 3.76. The van der Waals surface area contributed by atoms with Crippen LogP contribution in [0.15, 0.2) is 30.3 Å². The van der Waals surface area contributed by atoms with E-state index in [1.165, 1.54) is 25.3 Å². The predicted molar refractivity (Wildman–Crippen MR) is 66.4 cm³/mol. The van der Waals surface area contributed by atoms with E-state index in [-0.39, 0.29) is 11.7 Å². The molecule has 0 amide bonds. The van der Waals surface area contributed by atoms with Crippen LogP contribution in [0.2, 0.25) is 0 Å². The molecule has 1 aromatic carbocycles. The lowest BCUT2D eigenvalue weighted by Gasteiger charge is -2.10. The molecule has 0 spiro atoms. The van der Waals surface area contributed by atoms with Crippen LogP contribution in [0.5, 0.6) is 17.5 Å². The van der Waals surface area contributed by atoms with Gasteiger partial charge in [-0.3, -0.25) is 0 Å². The Hall–Kier alpha value is -2.30. The number of nitrogens with two attached hydrogens (primary N) is 1. The van der Waals surface area contributed by atoms with Crippen LogP contribution in [-0.2, 0) is 0 Å². The number of ether oxygens (including phenoxy) is 2. The number of hydrogen-bond acceptors (Lipinski definition) is 4. The molecule has 4 nitrogen and oxygen atoms in total. The van der Waals surface area contributed by atoms with Crippen molar-refractivity contribution < 1.29 is 13.9 Å². The second-order valence-corrected chi connectivity index (χ2v) is 3.76. The van der Waals surface area contributed by atoms with Crippen LogP contribution in [0.1, 0.15) is 5.56 Å². The summed E-state index contributed by atoms with van der Waals surface area (Å²) in [7, 11) is 1.51. The van der Waals surface area contributed by atoms with Crippen molar-refractivity contribution in [1.29, 1.82) is 0 Å². The number of nitrogens with zero attached hydrogens (tertiary/aromatic N) is 1. The number of aromatic nitrogens is 1. The fourth-order valence-electron chi connectivity index (χ4n) is 1.46. The van der Waals surface area contributed by atoms with Gasteiger partial charge in [0.1, 0.15) is 11.6 Å². The molecule has 1 heterocycles. The summed E-state index contributed by atoms with van der Waals surface area (Å²) in [5.41, 5.74) is 6.81. The number of hydrogen-bond donors (Lipinski definition) is 1. The van der Waals surface area contributed by atoms with E-state index < -0.39 is 0 Å². The molecule has 0 radical (unpaired) electrons. The number of halogens is 1. The Bertz CT molecular complexity index is 573. The Labute approximate surface area is 104 Å². The van der Waals surface area contributed by atoms with Crippen LogP contribution in [0, 0.1) is 12.7 Å². The topological polar surface area (TPSA) is 57.4 Å². The number of benzene rings is 1. The smallest absolute Gasteiger partial charge is 0.246 e. The molecule has 0 aliphatic heterocycles. The molecule has 2 aromatic rings. The molecule has 1 aromatic heterocycles. The number of anilines is 1. The first-order chi connectivity index (χ1) is 8.60. The van der Waals surface area contributed by atoms with Crippen LogP contribution < -0.4 is 15.2 Å². The van der Waals surface area contributed by atoms with Gasteiger partial charge < -0.3 is 15.2 Å². The van der Waals surface area contributed by atoms with E-state index >= 15 is 0 Å². The zero-order valence-corrected chi connectivity index (χ0v) is 10.1. The average Bonchev–Trinajstić information content (AvgIpc) is 2.35. The molecule has 0 aliphatic carbocycles. The zero-order chi connectivity index (χ0) is 13.1. The van der Waals surface area contributed by atoms with Crippen LogP contribution >= 0.6 is 0 Å². The lowest BCUT2D eigenvalue weighted by atomic mass is 10.2. The third kappa shape index (κ3) is 2.51. The van der Waals surface area contributed by atoms with Gasteiger partial charge in [0.05, 0.1) is 12.8 Å². The van der Waals surface area contributed by atoms with E-state index in [4.69, 9.17) is 15.2 Å². The quantitative estimate of drug-likeness (QED) is 0.907. The summed E-state index contributed by atoms with van der Waals surface area (Å²) < 4.78 is 23.5. The fourth-order valence-corrected chi connectivity index (χ4v) is 1.46. The molecule has 0 fully saturated rings. The minimum atomic E-state index is -0.313. The summed E-state index contributed by atoms with van der Waals surface area (Å²) >= 11 is 0. The van der Waals surface area contributed by atoms with E-state index in [2.05, 4.69) is 4.98 Å². The van der Waals surface area contributed by atoms with Gasteiger partial charge in [0.2, 0.25) is 11.8 Å². The SMILES string of the molecule is COc1ccc(N)c(Oc2ccc(F)cc2C)n1. The third-order valence-electron chi connectivity index (χ3n) is 2.42. The molecule has 2 N–H and O–H groups in total. The lowest BCUT2D eigenvalue weighted by Crippen LogP contribution is -1.98. The molecular formula is C13H13FN2O2. The Morgan fingerprint density at radius 2 is 2.00 bits per heavy atom. The monoisotopic (exact) mass is 248 g/mol. The van der Waals surface area contributed by atoms with Gasteiger partial charge in [0.15, 0.2) is 0 Å². The van der Waals surface area contributed by atoms with Crippen molar-refractivity contribution in [3.05, 3.63) is 41.7 Å². The van der Waals surface area contributed by atoms with Crippen molar-refractivity contribution in [3.8, 4) is 17.5 Å². The van der Waals surface area contributed by atoms with E-state index in [0.717, 1.165) is 0 Å². The maximum absolute atomic E-state index is 13.0. The van der Waals surface area contributed by atoms with Gasteiger partial charge in [-0.1, -0.05) is 0 Å². The van der Waals surface area contributed by atoms with Crippen molar-refractivity contribution in [2.24, 2.45) is 0 Å². The third-order valence-corrected chi connectivity index (χ3v) is 2.42. The first-order valence-corrected chi connectivity index (χ1v) is 5.34. The van der Waals surface area contributed by atoms with Crippen LogP contribution in [0.25, 0.3) is 0 Å². The summed E-state index contributed by atoms with van der Waals surface area (Å²) in [5.74, 6) is 0.832. The minimum absolute atomic E-state index is 0.240. The molecule has 0 bridgehead atoms.